The number of tetrazole rings is 1. The summed E-state index contributed by atoms with van der Waals surface area (Å²) in [5.74, 6) is 2.18. The summed E-state index contributed by atoms with van der Waals surface area (Å²) in [6, 6.07) is 8.59. The normalized spacial score (nSPS) is 16.6. The minimum absolute atomic E-state index is 0.145. The smallest absolute Gasteiger partial charge is 0.254 e. The maximum atomic E-state index is 12.8. The predicted molar refractivity (Wildman–Crippen MR) is 127 cm³/mol. The number of rotatable bonds is 8. The highest BCUT2D eigenvalue weighted by atomic mass is 16.7. The SMILES string of the molecule is COc1c2c(cc3c1[C@H](c1nnnn1-c1ccc(C(=O)N(CCO)CCO)cc1)N(C)CC3)OCO2. The van der Waals surface area contributed by atoms with Gasteiger partial charge in [-0.3, -0.25) is 9.69 Å². The van der Waals surface area contributed by atoms with E-state index in [1.54, 1.807) is 36.1 Å². The van der Waals surface area contributed by atoms with E-state index in [9.17, 15) is 15.0 Å². The first kappa shape index (κ1) is 24.0. The fraction of sp³-hybridized carbons (Fsp3) is 0.417. The highest BCUT2D eigenvalue weighted by molar-refractivity contribution is 5.94. The number of aromatic nitrogens is 4. The molecule has 36 heavy (non-hydrogen) atoms. The zero-order valence-corrected chi connectivity index (χ0v) is 20.1. The molecule has 12 nitrogen and oxygen atoms in total. The van der Waals surface area contributed by atoms with Crippen molar-refractivity contribution in [1.29, 1.82) is 0 Å². The zero-order chi connectivity index (χ0) is 25.2. The maximum absolute atomic E-state index is 12.8. The highest BCUT2D eigenvalue weighted by Gasteiger charge is 2.37. The van der Waals surface area contributed by atoms with Crippen LogP contribution in [0.1, 0.15) is 33.4 Å². The van der Waals surface area contributed by atoms with Gasteiger partial charge in [-0.15, -0.1) is 5.10 Å². The van der Waals surface area contributed by atoms with Crippen LogP contribution < -0.4 is 14.2 Å². The lowest BCUT2D eigenvalue weighted by Crippen LogP contribution is -2.36. The monoisotopic (exact) mass is 496 g/mol. The van der Waals surface area contributed by atoms with Gasteiger partial charge in [0.05, 0.1) is 26.0 Å². The molecule has 3 aromatic rings. The number of carbonyl (C=O) groups is 1. The van der Waals surface area contributed by atoms with Gasteiger partial charge in [0.2, 0.25) is 12.5 Å². The van der Waals surface area contributed by atoms with Crippen LogP contribution in [0.3, 0.4) is 0 Å². The van der Waals surface area contributed by atoms with Crippen molar-refractivity contribution in [3.8, 4) is 22.9 Å². The van der Waals surface area contributed by atoms with Crippen molar-refractivity contribution in [3.05, 3.63) is 52.8 Å². The highest BCUT2D eigenvalue weighted by Crippen LogP contribution is 2.50. The summed E-state index contributed by atoms with van der Waals surface area (Å²) in [6.07, 6.45) is 0.811. The van der Waals surface area contributed by atoms with Crippen LogP contribution in [0.15, 0.2) is 30.3 Å². The second-order valence-corrected chi connectivity index (χ2v) is 8.58. The maximum Gasteiger partial charge on any atom is 0.254 e. The minimum Gasteiger partial charge on any atom is -0.492 e. The molecule has 1 atom stereocenters. The van der Waals surface area contributed by atoms with Crippen LogP contribution in [0, 0.1) is 0 Å². The number of carbonyl (C=O) groups excluding carboxylic acids is 1. The lowest BCUT2D eigenvalue weighted by molar-refractivity contribution is 0.0685. The van der Waals surface area contributed by atoms with Crippen molar-refractivity contribution in [1.82, 2.24) is 30.0 Å². The number of ether oxygens (including phenoxy) is 3. The largest absolute Gasteiger partial charge is 0.492 e. The Bertz CT molecular complexity index is 1240. The van der Waals surface area contributed by atoms with Crippen molar-refractivity contribution < 1.29 is 29.2 Å². The third kappa shape index (κ3) is 4.12. The minimum atomic E-state index is -0.306. The summed E-state index contributed by atoms with van der Waals surface area (Å²) in [5.41, 5.74) is 3.14. The van der Waals surface area contributed by atoms with Crippen LogP contribution in [0.5, 0.6) is 17.2 Å². The van der Waals surface area contributed by atoms with Crippen LogP contribution in [0.25, 0.3) is 5.69 Å². The molecule has 190 valence electrons. The molecule has 12 heteroatoms. The van der Waals surface area contributed by atoms with Crippen LogP contribution in [-0.2, 0) is 6.42 Å². The first-order valence-corrected chi connectivity index (χ1v) is 11.7. The van der Waals surface area contributed by atoms with Gasteiger partial charge in [-0.2, -0.15) is 4.68 Å². The molecule has 1 amide bonds. The molecule has 1 aromatic heterocycles. The number of hydrogen-bond acceptors (Lipinski definition) is 10. The summed E-state index contributed by atoms with van der Waals surface area (Å²) in [4.78, 5) is 16.4. The van der Waals surface area contributed by atoms with Crippen LogP contribution in [0.2, 0.25) is 0 Å². The lowest BCUT2D eigenvalue weighted by atomic mass is 9.90. The molecule has 0 fully saturated rings. The van der Waals surface area contributed by atoms with E-state index >= 15 is 0 Å². The first-order valence-electron chi connectivity index (χ1n) is 11.7. The Labute approximate surface area is 207 Å². The summed E-state index contributed by atoms with van der Waals surface area (Å²) >= 11 is 0. The van der Waals surface area contributed by atoms with E-state index in [1.165, 1.54) is 4.90 Å². The summed E-state index contributed by atoms with van der Waals surface area (Å²) in [7, 11) is 3.62. The molecule has 2 N–H and O–H groups in total. The lowest BCUT2D eigenvalue weighted by Gasteiger charge is -2.34. The van der Waals surface area contributed by atoms with Gasteiger partial charge >= 0.3 is 0 Å². The molecule has 2 aliphatic rings. The van der Waals surface area contributed by atoms with Crippen molar-refractivity contribution in [2.24, 2.45) is 0 Å². The number of nitrogens with zero attached hydrogens (tertiary/aromatic N) is 6. The fourth-order valence-electron chi connectivity index (χ4n) is 4.79. The Hall–Kier alpha value is -3.74. The van der Waals surface area contributed by atoms with Gasteiger partial charge in [-0.05, 0) is 59.8 Å². The standard InChI is InChI=1S/C24H28N6O6/c1-28-8-7-16-13-18-21(36-14-35-18)22(34-2)19(16)20(28)23-25-26-27-30(23)17-5-3-15(4-6-17)24(33)29(9-11-31)10-12-32/h3-6,13,20,31-32H,7-12,14H2,1-2H3/t20-/m1/s1. The Morgan fingerprint density at radius 1 is 1.19 bits per heavy atom. The number of likely N-dealkylation sites (N-methyl/N-ethyl adjacent to an activating group) is 1. The van der Waals surface area contributed by atoms with Gasteiger partial charge in [0.15, 0.2) is 17.3 Å². The number of hydrogen-bond donors (Lipinski definition) is 2. The number of methoxy groups -OCH3 is 1. The predicted octanol–water partition coefficient (Wildman–Crippen LogP) is 0.404. The molecule has 0 bridgehead atoms. The second-order valence-electron chi connectivity index (χ2n) is 8.58. The molecule has 0 radical (unpaired) electrons. The average molecular weight is 497 g/mol. The molecular weight excluding hydrogens is 468 g/mol. The van der Waals surface area contributed by atoms with E-state index in [1.807, 2.05) is 13.1 Å². The van der Waals surface area contributed by atoms with E-state index in [0.717, 1.165) is 24.1 Å². The van der Waals surface area contributed by atoms with E-state index in [-0.39, 0.29) is 45.0 Å². The van der Waals surface area contributed by atoms with Crippen molar-refractivity contribution in [3.63, 3.8) is 0 Å². The third-order valence-corrected chi connectivity index (χ3v) is 6.52. The van der Waals surface area contributed by atoms with E-state index in [4.69, 9.17) is 14.2 Å². The summed E-state index contributed by atoms with van der Waals surface area (Å²) < 4.78 is 18.8. The zero-order valence-electron chi connectivity index (χ0n) is 20.1. The molecule has 3 heterocycles. The molecule has 5 rings (SSSR count). The van der Waals surface area contributed by atoms with Crippen LogP contribution in [-0.4, -0.2) is 99.9 Å². The molecule has 2 aromatic carbocycles. The van der Waals surface area contributed by atoms with Crippen LogP contribution in [0.4, 0.5) is 0 Å². The van der Waals surface area contributed by atoms with Crippen molar-refractivity contribution in [2.75, 3.05) is 53.8 Å². The molecule has 2 aliphatic heterocycles. The number of aliphatic hydroxyl groups is 2. The topological polar surface area (TPSA) is 135 Å². The molecular formula is C24H28N6O6. The quantitative estimate of drug-likeness (QED) is 0.451. The Morgan fingerprint density at radius 3 is 2.64 bits per heavy atom. The number of benzene rings is 2. The third-order valence-electron chi connectivity index (χ3n) is 6.52. The van der Waals surface area contributed by atoms with Crippen molar-refractivity contribution >= 4 is 5.91 Å². The van der Waals surface area contributed by atoms with Gasteiger partial charge < -0.3 is 29.3 Å². The Balaban J connectivity index is 1.51. The van der Waals surface area contributed by atoms with E-state index in [0.29, 0.717) is 34.3 Å². The fourth-order valence-corrected chi connectivity index (χ4v) is 4.79. The Kier molecular flexibility index (Phi) is 6.72. The van der Waals surface area contributed by atoms with E-state index in [2.05, 4.69) is 20.4 Å². The molecule has 0 saturated carbocycles. The molecule has 0 saturated heterocycles. The number of fused-ring (bicyclic) bond motifs is 2. The number of aliphatic hydroxyl groups excluding tert-OH is 2. The first-order chi connectivity index (χ1) is 17.6. The summed E-state index contributed by atoms with van der Waals surface area (Å²) in [5, 5.41) is 31.0. The molecule has 0 unspecified atom stereocenters. The van der Waals surface area contributed by atoms with Gasteiger partial charge in [-0.1, -0.05) is 0 Å². The van der Waals surface area contributed by atoms with E-state index < -0.39 is 0 Å². The van der Waals surface area contributed by atoms with Crippen molar-refractivity contribution in [2.45, 2.75) is 12.5 Å². The Morgan fingerprint density at radius 2 is 1.94 bits per heavy atom. The molecule has 0 spiro atoms. The second kappa shape index (κ2) is 10.1. The van der Waals surface area contributed by atoms with Gasteiger partial charge in [0.1, 0.15) is 6.04 Å². The van der Waals surface area contributed by atoms with Crippen LogP contribution >= 0.6 is 0 Å². The van der Waals surface area contributed by atoms with Gasteiger partial charge in [0.25, 0.3) is 5.91 Å². The number of amides is 1. The molecule has 0 aliphatic carbocycles. The van der Waals surface area contributed by atoms with Gasteiger partial charge in [0, 0.05) is 30.8 Å². The average Bonchev–Trinajstić information content (AvgIpc) is 3.57. The summed E-state index contributed by atoms with van der Waals surface area (Å²) in [6.45, 7) is 0.853. The van der Waals surface area contributed by atoms with Gasteiger partial charge in [-0.25, -0.2) is 0 Å².